The fourth-order valence-corrected chi connectivity index (χ4v) is 0.348. The molecule has 6 heavy (non-hydrogen) atoms. The fourth-order valence-electron chi connectivity index (χ4n) is 0.348. The van der Waals surface area contributed by atoms with Crippen molar-refractivity contribution < 1.29 is 0 Å². The maximum atomic E-state index is 3.72. The van der Waals surface area contributed by atoms with Gasteiger partial charge in [0.25, 0.3) is 0 Å². The van der Waals surface area contributed by atoms with Crippen molar-refractivity contribution in [2.45, 2.75) is 19.9 Å². The second-order valence-electron chi connectivity index (χ2n) is 1.46. The van der Waals surface area contributed by atoms with E-state index in [0.29, 0.717) is 6.04 Å². The average Bonchev–Trinajstić information content (AvgIpc) is 1.35. The first-order valence-corrected chi connectivity index (χ1v) is 2.33. The van der Waals surface area contributed by atoms with Crippen LogP contribution in [0.15, 0.2) is 0 Å². The van der Waals surface area contributed by atoms with Gasteiger partial charge in [0, 0.05) is 6.04 Å². The van der Waals surface area contributed by atoms with Gasteiger partial charge in [0.15, 0.2) is 0 Å². The van der Waals surface area contributed by atoms with Gasteiger partial charge in [-0.05, 0) is 20.4 Å². The molecule has 1 N–H and O–H groups in total. The third kappa shape index (κ3) is 3.96. The van der Waals surface area contributed by atoms with Gasteiger partial charge in [-0.2, -0.15) is 0 Å². The Bertz CT molecular complexity index is 25.1. The lowest BCUT2D eigenvalue weighted by atomic mass is 10.4. The third-order valence-electron chi connectivity index (χ3n) is 0.553. The predicted molar refractivity (Wildman–Crippen MR) is 28.5 cm³/mol. The Labute approximate surface area is 39.7 Å². The van der Waals surface area contributed by atoms with Crippen LogP contribution in [-0.2, 0) is 0 Å². The molecule has 0 aliphatic rings. The summed E-state index contributed by atoms with van der Waals surface area (Å²) in [6, 6.07) is 0.398. The molecule has 0 amide bonds. The van der Waals surface area contributed by atoms with Crippen LogP contribution in [-0.4, -0.2) is 12.6 Å². The minimum atomic E-state index is 0.398. The molecule has 0 unspecified atom stereocenters. The van der Waals surface area contributed by atoms with Gasteiger partial charge in [-0.25, -0.2) is 0 Å². The molecule has 0 heterocycles. The zero-order chi connectivity index (χ0) is 4.99. The van der Waals surface area contributed by atoms with E-state index in [-0.39, 0.29) is 0 Å². The topological polar surface area (TPSA) is 12.0 Å². The van der Waals surface area contributed by atoms with Crippen molar-refractivity contribution in [2.75, 3.05) is 6.54 Å². The van der Waals surface area contributed by atoms with Crippen LogP contribution >= 0.6 is 0 Å². The Kier molecular flexibility index (Phi) is 3.14. The summed E-state index contributed by atoms with van der Waals surface area (Å²) in [5, 5.41) is 3.10. The number of rotatable bonds is 2. The minimum Gasteiger partial charge on any atom is -0.315 e. The van der Waals surface area contributed by atoms with Crippen LogP contribution in [0.4, 0.5) is 0 Å². The lowest BCUT2D eigenvalue weighted by Gasteiger charge is -2.00. The molecule has 0 rings (SSSR count). The molecule has 0 bridgehead atoms. The average molecular weight is 86.2 g/mol. The summed E-state index contributed by atoms with van der Waals surface area (Å²) < 4.78 is 0. The largest absolute Gasteiger partial charge is 0.315 e. The summed E-state index contributed by atoms with van der Waals surface area (Å²) in [6.07, 6.45) is 0. The molecule has 0 fully saturated rings. The Hall–Kier alpha value is -0.0400. The van der Waals surface area contributed by atoms with Crippen molar-refractivity contribution in [1.29, 1.82) is 0 Å². The standard InChI is InChI=1S/C5H12N/c1-4-6-5(2)3/h5-6H,2,4H2,1,3H3/t5-/m0/s1. The maximum Gasteiger partial charge on any atom is 0.00391 e. The van der Waals surface area contributed by atoms with E-state index in [1.54, 1.807) is 0 Å². The van der Waals surface area contributed by atoms with Crippen molar-refractivity contribution in [3.63, 3.8) is 0 Å². The van der Waals surface area contributed by atoms with Crippen molar-refractivity contribution in [2.24, 2.45) is 0 Å². The molecule has 0 aromatic rings. The van der Waals surface area contributed by atoms with E-state index in [1.807, 2.05) is 6.92 Å². The monoisotopic (exact) mass is 86.1 g/mol. The Morgan fingerprint density at radius 2 is 2.33 bits per heavy atom. The van der Waals surface area contributed by atoms with Crippen LogP contribution in [0.25, 0.3) is 0 Å². The number of nitrogens with one attached hydrogen (secondary N) is 1. The molecule has 0 aromatic heterocycles. The van der Waals surface area contributed by atoms with Gasteiger partial charge < -0.3 is 5.32 Å². The zero-order valence-corrected chi connectivity index (χ0v) is 4.49. The molecule has 1 heteroatoms. The second kappa shape index (κ2) is 3.16. The quantitative estimate of drug-likeness (QED) is 0.524. The van der Waals surface area contributed by atoms with Crippen LogP contribution < -0.4 is 5.32 Å². The normalized spacial score (nSPS) is 10.0. The van der Waals surface area contributed by atoms with Gasteiger partial charge in [0.2, 0.25) is 0 Å². The van der Waals surface area contributed by atoms with E-state index in [2.05, 4.69) is 19.2 Å². The highest BCUT2D eigenvalue weighted by Crippen LogP contribution is 1.69. The molecule has 0 spiro atoms. The molecule has 0 saturated carbocycles. The van der Waals surface area contributed by atoms with E-state index in [4.69, 9.17) is 0 Å². The summed E-state index contributed by atoms with van der Waals surface area (Å²) in [4.78, 5) is 0. The van der Waals surface area contributed by atoms with E-state index in [1.165, 1.54) is 0 Å². The summed E-state index contributed by atoms with van der Waals surface area (Å²) in [5.74, 6) is 0. The highest BCUT2D eigenvalue weighted by molar-refractivity contribution is 4.57. The smallest absolute Gasteiger partial charge is 0.00391 e. The molecule has 0 aliphatic heterocycles. The van der Waals surface area contributed by atoms with Gasteiger partial charge in [0.05, 0.1) is 0 Å². The lowest BCUT2D eigenvalue weighted by Crippen LogP contribution is -2.21. The summed E-state index contributed by atoms with van der Waals surface area (Å²) in [6.45, 7) is 8.84. The molecule has 37 valence electrons. The highest BCUT2D eigenvalue weighted by Gasteiger charge is 1.82. The van der Waals surface area contributed by atoms with Gasteiger partial charge in [0.1, 0.15) is 0 Å². The Balaban J connectivity index is 2.63. The Morgan fingerprint density at radius 1 is 1.83 bits per heavy atom. The second-order valence-corrected chi connectivity index (χ2v) is 1.46. The summed E-state index contributed by atoms with van der Waals surface area (Å²) in [5.41, 5.74) is 0. The fraction of sp³-hybridized carbons (Fsp3) is 0.800. The van der Waals surface area contributed by atoms with Gasteiger partial charge in [-0.15, -0.1) is 0 Å². The van der Waals surface area contributed by atoms with Crippen LogP contribution in [0.3, 0.4) is 0 Å². The van der Waals surface area contributed by atoms with E-state index in [9.17, 15) is 0 Å². The summed E-state index contributed by atoms with van der Waals surface area (Å²) in [7, 11) is 0. The molecule has 0 aromatic carbocycles. The van der Waals surface area contributed by atoms with Crippen molar-refractivity contribution in [3.05, 3.63) is 6.92 Å². The van der Waals surface area contributed by atoms with Gasteiger partial charge >= 0.3 is 0 Å². The van der Waals surface area contributed by atoms with E-state index < -0.39 is 0 Å². The zero-order valence-electron chi connectivity index (χ0n) is 4.49. The first-order valence-electron chi connectivity index (χ1n) is 2.33. The molecule has 1 nitrogen and oxygen atoms in total. The molecule has 1 radical (unpaired) electrons. The molecule has 1 atom stereocenters. The molecule has 0 saturated heterocycles. The first-order chi connectivity index (χ1) is 2.77. The minimum absolute atomic E-state index is 0.398. The summed E-state index contributed by atoms with van der Waals surface area (Å²) >= 11 is 0. The van der Waals surface area contributed by atoms with Crippen molar-refractivity contribution in [1.82, 2.24) is 5.32 Å². The van der Waals surface area contributed by atoms with E-state index >= 15 is 0 Å². The lowest BCUT2D eigenvalue weighted by molar-refractivity contribution is 0.658. The highest BCUT2D eigenvalue weighted by atomic mass is 14.9. The Morgan fingerprint density at radius 3 is 2.33 bits per heavy atom. The van der Waals surface area contributed by atoms with Gasteiger partial charge in [-0.1, -0.05) is 6.92 Å². The predicted octanol–water partition coefficient (Wildman–Crippen LogP) is 0.818. The number of hydrogen-bond donors (Lipinski definition) is 1. The van der Waals surface area contributed by atoms with Crippen LogP contribution in [0.2, 0.25) is 0 Å². The first kappa shape index (κ1) is 5.96. The molecular weight excluding hydrogens is 74.1 g/mol. The maximum absolute atomic E-state index is 3.72. The van der Waals surface area contributed by atoms with Crippen molar-refractivity contribution >= 4 is 0 Å². The van der Waals surface area contributed by atoms with Crippen molar-refractivity contribution in [3.8, 4) is 0 Å². The van der Waals surface area contributed by atoms with Crippen LogP contribution in [0, 0.1) is 6.92 Å². The molecular formula is C5H12N. The molecule has 0 aliphatic carbocycles. The van der Waals surface area contributed by atoms with Gasteiger partial charge in [-0.3, -0.25) is 0 Å². The van der Waals surface area contributed by atoms with Crippen LogP contribution in [0.1, 0.15) is 13.8 Å². The SMILES string of the molecule is [CH2][C@@H](C)NCC. The van der Waals surface area contributed by atoms with E-state index in [0.717, 1.165) is 6.54 Å². The number of hydrogen-bond acceptors (Lipinski definition) is 1. The third-order valence-corrected chi connectivity index (χ3v) is 0.553. The van der Waals surface area contributed by atoms with Crippen LogP contribution in [0.5, 0.6) is 0 Å².